The van der Waals surface area contributed by atoms with Crippen molar-refractivity contribution in [2.24, 2.45) is 5.14 Å². The van der Waals surface area contributed by atoms with Crippen LogP contribution in [0, 0.1) is 0 Å². The van der Waals surface area contributed by atoms with Crippen LogP contribution in [0.2, 0.25) is 0 Å². The number of primary sulfonamides is 1. The van der Waals surface area contributed by atoms with Crippen molar-refractivity contribution >= 4 is 44.7 Å². The molecular weight excluding hydrogens is 783 g/mol. The molecule has 308 valence electrons. The molecule has 2 fully saturated rings. The van der Waals surface area contributed by atoms with Gasteiger partial charge in [-0.05, 0) is 42.2 Å². The van der Waals surface area contributed by atoms with Crippen molar-refractivity contribution in [3.63, 3.8) is 0 Å². The molecule has 10 N–H and O–H groups in total. The number of anilines is 3. The minimum atomic E-state index is -3.97. The normalized spacial score (nSPS) is 20.7. The number of urea groups is 1. The quantitative estimate of drug-likeness (QED) is 0.0851. The van der Waals surface area contributed by atoms with Gasteiger partial charge in [-0.2, -0.15) is 9.97 Å². The van der Waals surface area contributed by atoms with Gasteiger partial charge in [-0.3, -0.25) is 4.57 Å². The third kappa shape index (κ3) is 7.95. The maximum atomic E-state index is 13.0. The van der Waals surface area contributed by atoms with E-state index < -0.39 is 58.5 Å². The molecule has 19 nitrogen and oxygen atoms in total. The molecule has 59 heavy (non-hydrogen) atoms. The molecule has 8 rings (SSSR count). The number of benzene rings is 3. The molecule has 0 bridgehead atoms. The largest absolute Gasteiger partial charge is 0.493 e. The number of aromatic nitrogens is 6. The number of imidazole rings is 2. The molecule has 0 unspecified atom stereocenters. The summed E-state index contributed by atoms with van der Waals surface area (Å²) in [4.78, 5) is 44.5. The maximum absolute atomic E-state index is 13.0. The summed E-state index contributed by atoms with van der Waals surface area (Å²) >= 11 is 0. The number of hydrogen-bond acceptors (Lipinski definition) is 13. The number of carbonyl (C=O) groups is 1. The van der Waals surface area contributed by atoms with E-state index in [1.165, 1.54) is 24.5 Å². The van der Waals surface area contributed by atoms with E-state index in [2.05, 4.69) is 50.2 Å². The number of aliphatic hydroxyl groups is 3. The molecule has 3 aromatic heterocycles. The SMILES string of the molecule is NS(=O)(=O)c1cccc(NC(=O)N[C@@H]2CCN(c3nc(NCC(c4ccccc4)c4ccccc4)c4ncn([C@@H]5C[C@H](n6c(O)c(CO)[nH]c6=O)[C@@H](O)[C@H]5O)c4n3)C2)c1. The fraction of sp³-hybridized carbons (Fsp3) is 0.308. The van der Waals surface area contributed by atoms with Crippen LogP contribution < -0.4 is 31.7 Å². The molecular formula is C39H43N11O8S. The van der Waals surface area contributed by atoms with Gasteiger partial charge in [0.25, 0.3) is 0 Å². The van der Waals surface area contributed by atoms with Crippen LogP contribution in [0.15, 0.2) is 101 Å². The lowest BCUT2D eigenvalue weighted by Crippen LogP contribution is -2.40. The van der Waals surface area contributed by atoms with Crippen LogP contribution in [0.25, 0.3) is 11.2 Å². The summed E-state index contributed by atoms with van der Waals surface area (Å²) in [6, 6.07) is 22.9. The summed E-state index contributed by atoms with van der Waals surface area (Å²) < 4.78 is 26.2. The molecule has 0 radical (unpaired) electrons. The zero-order chi connectivity index (χ0) is 41.4. The summed E-state index contributed by atoms with van der Waals surface area (Å²) in [5, 5.41) is 57.3. The number of rotatable bonds is 12. The molecule has 1 saturated carbocycles. The predicted octanol–water partition coefficient (Wildman–Crippen LogP) is 1.71. The molecule has 1 aliphatic heterocycles. The Kier molecular flexibility index (Phi) is 10.8. The van der Waals surface area contributed by atoms with E-state index in [0.717, 1.165) is 15.7 Å². The second-order valence-electron chi connectivity index (χ2n) is 14.7. The fourth-order valence-corrected chi connectivity index (χ4v) is 8.56. The second-order valence-corrected chi connectivity index (χ2v) is 16.2. The second kappa shape index (κ2) is 16.1. The van der Waals surface area contributed by atoms with Gasteiger partial charge in [0.05, 0.1) is 29.9 Å². The molecule has 0 spiro atoms. The number of nitrogens with zero attached hydrogens (tertiary/aromatic N) is 6. The van der Waals surface area contributed by atoms with Crippen molar-refractivity contribution in [3.8, 4) is 5.88 Å². The minimum Gasteiger partial charge on any atom is -0.493 e. The number of nitrogens with one attached hydrogen (secondary N) is 4. The number of hydrogen-bond donors (Lipinski definition) is 9. The molecule has 4 heterocycles. The van der Waals surface area contributed by atoms with Crippen molar-refractivity contribution in [2.75, 3.05) is 35.2 Å². The van der Waals surface area contributed by atoms with E-state index in [1.807, 2.05) is 41.3 Å². The molecule has 6 aromatic rings. The van der Waals surface area contributed by atoms with Crippen molar-refractivity contribution in [1.29, 1.82) is 0 Å². The summed E-state index contributed by atoms with van der Waals surface area (Å²) in [6.45, 7) is 0.555. The van der Waals surface area contributed by atoms with E-state index in [4.69, 9.17) is 15.1 Å². The van der Waals surface area contributed by atoms with Gasteiger partial charge in [0.1, 0.15) is 17.9 Å². The number of H-pyrrole nitrogens is 1. The zero-order valence-electron chi connectivity index (χ0n) is 31.5. The highest BCUT2D eigenvalue weighted by atomic mass is 32.2. The van der Waals surface area contributed by atoms with Crippen LogP contribution in [-0.2, 0) is 16.6 Å². The summed E-state index contributed by atoms with van der Waals surface area (Å²) in [5.74, 6) is 0.0950. The standard InChI is InChI=1S/C39H43N11O8S/c40-59(57,58)26-13-7-12-24(16-26)43-38(55)44-25-14-15-48(19-25)37-46-34(41-18-27(22-8-3-1-4-9-22)23-10-5-2-6-11-23)31-35(47-37)49(21-42-31)29-17-30(33(53)32(29)52)50-36(54)28(20-51)45-39(50)56/h1-13,16,21,25,27,29-30,32-33,51-54H,14-15,17-20H2,(H,45,56)(H2,40,57,58)(H,41,46,47)(H2,43,44,55)/t25-,29-,30+,32+,33-/m1/s1. The summed E-state index contributed by atoms with van der Waals surface area (Å²) in [6.07, 6.45) is -0.861. The number of aromatic hydroxyl groups is 1. The zero-order valence-corrected chi connectivity index (χ0v) is 32.3. The van der Waals surface area contributed by atoms with Crippen LogP contribution in [0.4, 0.5) is 22.2 Å². The number of sulfonamides is 1. The molecule has 2 amide bonds. The number of aliphatic hydroxyl groups excluding tert-OH is 3. The van der Waals surface area contributed by atoms with E-state index in [9.17, 15) is 38.4 Å². The van der Waals surface area contributed by atoms with Gasteiger partial charge in [0, 0.05) is 37.3 Å². The van der Waals surface area contributed by atoms with Crippen LogP contribution >= 0.6 is 0 Å². The van der Waals surface area contributed by atoms with Gasteiger partial charge in [-0.15, -0.1) is 0 Å². The number of carbonyl (C=O) groups excluding carboxylic acids is 1. The van der Waals surface area contributed by atoms with Crippen molar-refractivity contribution in [2.45, 2.75) is 60.6 Å². The highest BCUT2D eigenvalue weighted by Gasteiger charge is 2.46. The van der Waals surface area contributed by atoms with E-state index >= 15 is 0 Å². The van der Waals surface area contributed by atoms with Crippen molar-refractivity contribution in [3.05, 3.63) is 119 Å². The van der Waals surface area contributed by atoms with Crippen LogP contribution in [-0.4, -0.2) is 102 Å². The Bertz CT molecular complexity index is 2600. The van der Waals surface area contributed by atoms with Crippen LogP contribution in [0.1, 0.15) is 47.7 Å². The lowest BCUT2D eigenvalue weighted by molar-refractivity contribution is 0.00758. The predicted molar refractivity (Wildman–Crippen MR) is 216 cm³/mol. The molecule has 20 heteroatoms. The Hall–Kier alpha value is -6.32. The Morgan fingerprint density at radius 3 is 2.32 bits per heavy atom. The van der Waals surface area contributed by atoms with Gasteiger partial charge < -0.3 is 50.8 Å². The topological polar surface area (TPSA) is 279 Å². The number of nitrogens with two attached hydrogens (primary N) is 1. The van der Waals surface area contributed by atoms with Gasteiger partial charge in [0.15, 0.2) is 17.0 Å². The molecule has 1 aliphatic carbocycles. The first-order valence-corrected chi connectivity index (χ1v) is 20.5. The first kappa shape index (κ1) is 39.5. The van der Waals surface area contributed by atoms with Gasteiger partial charge >= 0.3 is 11.7 Å². The molecule has 5 atom stereocenters. The lowest BCUT2D eigenvalue weighted by atomic mass is 9.91. The Morgan fingerprint density at radius 1 is 0.966 bits per heavy atom. The van der Waals surface area contributed by atoms with Gasteiger partial charge in [-0.1, -0.05) is 66.7 Å². The van der Waals surface area contributed by atoms with Crippen molar-refractivity contribution < 1.29 is 33.6 Å². The summed E-state index contributed by atoms with van der Waals surface area (Å²) in [7, 11) is -3.97. The van der Waals surface area contributed by atoms with Crippen LogP contribution in [0.3, 0.4) is 0 Å². The van der Waals surface area contributed by atoms with Crippen molar-refractivity contribution in [1.82, 2.24) is 34.4 Å². The van der Waals surface area contributed by atoms with Gasteiger partial charge in [-0.25, -0.2) is 28.1 Å². The fourth-order valence-electron chi connectivity index (χ4n) is 8.00. The Labute approximate surface area is 337 Å². The number of amides is 2. The Balaban J connectivity index is 1.10. The first-order valence-electron chi connectivity index (χ1n) is 18.9. The smallest absolute Gasteiger partial charge is 0.329 e. The summed E-state index contributed by atoms with van der Waals surface area (Å²) in [5.41, 5.74) is 2.26. The average molecular weight is 826 g/mol. The Morgan fingerprint density at radius 2 is 1.66 bits per heavy atom. The third-order valence-electron chi connectivity index (χ3n) is 11.0. The van der Waals surface area contributed by atoms with E-state index in [-0.39, 0.29) is 34.7 Å². The van der Waals surface area contributed by atoms with E-state index in [1.54, 1.807) is 10.6 Å². The molecule has 3 aromatic carbocycles. The number of fused-ring (bicyclic) bond motifs is 1. The van der Waals surface area contributed by atoms with E-state index in [0.29, 0.717) is 49.0 Å². The maximum Gasteiger partial charge on any atom is 0.329 e. The monoisotopic (exact) mass is 825 g/mol. The third-order valence-corrected chi connectivity index (χ3v) is 11.9. The van der Waals surface area contributed by atoms with Crippen LogP contribution in [0.5, 0.6) is 5.88 Å². The van der Waals surface area contributed by atoms with Gasteiger partial charge in [0.2, 0.25) is 21.9 Å². The first-order chi connectivity index (χ1) is 28.4. The highest BCUT2D eigenvalue weighted by Crippen LogP contribution is 2.41. The molecule has 2 aliphatic rings. The molecule has 1 saturated heterocycles. The number of aromatic amines is 1. The average Bonchev–Trinajstić information content (AvgIpc) is 4.00. The highest BCUT2D eigenvalue weighted by molar-refractivity contribution is 7.89. The minimum absolute atomic E-state index is 0.00110. The lowest BCUT2D eigenvalue weighted by Gasteiger charge is -2.22.